The van der Waals surface area contributed by atoms with Crippen LogP contribution in [0, 0.1) is 0 Å². The van der Waals surface area contributed by atoms with Crippen molar-refractivity contribution in [2.75, 3.05) is 6.26 Å². The second-order valence-corrected chi connectivity index (χ2v) is 7.98. The van der Waals surface area contributed by atoms with Gasteiger partial charge in [-0.25, -0.2) is 8.42 Å². The highest BCUT2D eigenvalue weighted by Crippen LogP contribution is 2.34. The van der Waals surface area contributed by atoms with Crippen molar-refractivity contribution >= 4 is 21.4 Å². The van der Waals surface area contributed by atoms with E-state index in [-0.39, 0.29) is 6.10 Å². The third-order valence-electron chi connectivity index (χ3n) is 4.12. The number of halogens is 1. The molecule has 0 aromatic heterocycles. The zero-order valence-electron chi connectivity index (χ0n) is 11.3. The Hall–Kier alpha value is -0.620. The molecule has 1 aromatic carbocycles. The summed E-state index contributed by atoms with van der Waals surface area (Å²) < 4.78 is 29.4. The summed E-state index contributed by atoms with van der Waals surface area (Å²) in [4.78, 5) is 0.307. The summed E-state index contributed by atoms with van der Waals surface area (Å²) in [6, 6.07) is 5.31. The first-order valence-corrected chi connectivity index (χ1v) is 9.08. The van der Waals surface area contributed by atoms with Gasteiger partial charge in [-0.15, -0.1) is 0 Å². The number of ether oxygens (including phenoxy) is 1. The molecule has 3 unspecified atom stereocenters. The fraction of sp³-hybridized carbons (Fsp3) is 0.571. The molecule has 0 radical (unpaired) electrons. The average molecular weight is 316 g/mol. The second-order valence-electron chi connectivity index (χ2n) is 5.59. The van der Waals surface area contributed by atoms with Crippen LogP contribution in [0.25, 0.3) is 0 Å². The van der Waals surface area contributed by atoms with E-state index in [9.17, 15) is 8.42 Å². The monoisotopic (exact) mass is 315 g/mol. The van der Waals surface area contributed by atoms with Crippen LogP contribution in [0.15, 0.2) is 23.1 Å². The molecule has 2 saturated heterocycles. The van der Waals surface area contributed by atoms with Crippen molar-refractivity contribution in [1.29, 1.82) is 0 Å². The maximum absolute atomic E-state index is 11.8. The van der Waals surface area contributed by atoms with Crippen molar-refractivity contribution in [3.63, 3.8) is 0 Å². The van der Waals surface area contributed by atoms with Crippen LogP contribution < -0.4 is 5.32 Å². The van der Waals surface area contributed by atoms with Gasteiger partial charge in [-0.05, 0) is 31.4 Å². The molecule has 4 nitrogen and oxygen atoms in total. The SMILES string of the molecule is CS(=O)(=O)c1cccc(Cl)c1CNC1CC2CCC1O2. The van der Waals surface area contributed by atoms with Crippen molar-refractivity contribution in [2.45, 2.75) is 49.0 Å². The van der Waals surface area contributed by atoms with Crippen LogP contribution in [-0.4, -0.2) is 32.9 Å². The minimum Gasteiger partial charge on any atom is -0.373 e. The van der Waals surface area contributed by atoms with E-state index in [2.05, 4.69) is 5.32 Å². The van der Waals surface area contributed by atoms with Gasteiger partial charge in [0.15, 0.2) is 9.84 Å². The highest BCUT2D eigenvalue weighted by atomic mass is 35.5. The van der Waals surface area contributed by atoms with Crippen molar-refractivity contribution in [1.82, 2.24) is 5.32 Å². The Morgan fingerprint density at radius 1 is 1.40 bits per heavy atom. The average Bonchev–Trinajstić information content (AvgIpc) is 2.98. The van der Waals surface area contributed by atoms with Gasteiger partial charge in [0.1, 0.15) is 0 Å². The van der Waals surface area contributed by atoms with Gasteiger partial charge in [0.2, 0.25) is 0 Å². The van der Waals surface area contributed by atoms with Crippen LogP contribution in [-0.2, 0) is 21.1 Å². The van der Waals surface area contributed by atoms with E-state index in [0.29, 0.717) is 34.2 Å². The van der Waals surface area contributed by atoms with Gasteiger partial charge in [-0.1, -0.05) is 17.7 Å². The Morgan fingerprint density at radius 2 is 2.20 bits per heavy atom. The van der Waals surface area contributed by atoms with Crippen molar-refractivity contribution < 1.29 is 13.2 Å². The fourth-order valence-corrected chi connectivity index (χ4v) is 4.40. The number of sulfone groups is 1. The smallest absolute Gasteiger partial charge is 0.175 e. The number of fused-ring (bicyclic) bond motifs is 2. The summed E-state index contributed by atoms with van der Waals surface area (Å²) in [5, 5.41) is 3.90. The summed E-state index contributed by atoms with van der Waals surface area (Å²) in [6.45, 7) is 0.458. The van der Waals surface area contributed by atoms with E-state index >= 15 is 0 Å². The van der Waals surface area contributed by atoms with E-state index in [1.54, 1.807) is 18.2 Å². The summed E-state index contributed by atoms with van der Waals surface area (Å²) in [5.74, 6) is 0. The molecule has 6 heteroatoms. The molecule has 2 heterocycles. The largest absolute Gasteiger partial charge is 0.373 e. The predicted molar refractivity (Wildman–Crippen MR) is 77.7 cm³/mol. The van der Waals surface area contributed by atoms with Crippen LogP contribution in [0.1, 0.15) is 24.8 Å². The first-order chi connectivity index (χ1) is 9.45. The third-order valence-corrected chi connectivity index (χ3v) is 5.66. The molecule has 0 aliphatic carbocycles. The Bertz CT molecular complexity index is 617. The first-order valence-electron chi connectivity index (χ1n) is 6.81. The topological polar surface area (TPSA) is 55.4 Å². The van der Waals surface area contributed by atoms with Gasteiger partial charge in [0.25, 0.3) is 0 Å². The Balaban J connectivity index is 1.77. The van der Waals surface area contributed by atoms with E-state index in [0.717, 1.165) is 19.3 Å². The molecule has 3 rings (SSSR count). The van der Waals surface area contributed by atoms with E-state index in [1.165, 1.54) is 6.26 Å². The van der Waals surface area contributed by atoms with Crippen LogP contribution in [0.4, 0.5) is 0 Å². The molecule has 2 aliphatic heterocycles. The van der Waals surface area contributed by atoms with Crippen molar-refractivity contribution in [2.24, 2.45) is 0 Å². The van der Waals surface area contributed by atoms with Gasteiger partial charge in [0.05, 0.1) is 17.1 Å². The molecule has 3 atom stereocenters. The molecule has 0 saturated carbocycles. The number of rotatable bonds is 4. The standard InChI is InChI=1S/C14H18ClNO3S/c1-20(17,18)14-4-2-3-11(15)10(14)8-16-12-7-9-5-6-13(12)19-9/h2-4,9,12-13,16H,5-8H2,1H3. The zero-order valence-corrected chi connectivity index (χ0v) is 12.9. The van der Waals surface area contributed by atoms with Crippen LogP contribution in [0.5, 0.6) is 0 Å². The van der Waals surface area contributed by atoms with Crippen molar-refractivity contribution in [3.05, 3.63) is 28.8 Å². The normalized spacial score (nSPS) is 29.0. The third kappa shape index (κ3) is 2.72. The minimum atomic E-state index is -3.27. The summed E-state index contributed by atoms with van der Waals surface area (Å²) in [7, 11) is -3.27. The molecule has 2 fully saturated rings. The molecule has 0 spiro atoms. The molecule has 1 aromatic rings. The minimum absolute atomic E-state index is 0.268. The Kier molecular flexibility index (Phi) is 3.79. The van der Waals surface area contributed by atoms with Crippen molar-refractivity contribution in [3.8, 4) is 0 Å². The highest BCUT2D eigenvalue weighted by Gasteiger charge is 2.40. The lowest BCUT2D eigenvalue weighted by molar-refractivity contribution is 0.0972. The first kappa shape index (κ1) is 14.3. The lowest BCUT2D eigenvalue weighted by Crippen LogP contribution is -2.37. The molecule has 110 valence electrons. The predicted octanol–water partition coefficient (Wildman–Crippen LogP) is 2.15. The summed E-state index contributed by atoms with van der Waals surface area (Å²) in [6.07, 6.45) is 5.08. The highest BCUT2D eigenvalue weighted by molar-refractivity contribution is 7.90. The van der Waals surface area contributed by atoms with Gasteiger partial charge in [-0.2, -0.15) is 0 Å². The lowest BCUT2D eigenvalue weighted by atomic mass is 9.95. The second kappa shape index (κ2) is 5.30. The van der Waals surface area contributed by atoms with Crippen LogP contribution in [0.3, 0.4) is 0 Å². The summed E-state index contributed by atoms with van der Waals surface area (Å²) >= 11 is 6.16. The molecule has 2 bridgehead atoms. The lowest BCUT2D eigenvalue weighted by Gasteiger charge is -2.21. The van der Waals surface area contributed by atoms with Crippen LogP contribution in [0.2, 0.25) is 5.02 Å². The van der Waals surface area contributed by atoms with Gasteiger partial charge < -0.3 is 10.1 Å². The maximum Gasteiger partial charge on any atom is 0.175 e. The molecule has 2 aliphatic rings. The number of benzene rings is 1. The summed E-state index contributed by atoms with van der Waals surface area (Å²) in [5.41, 5.74) is 0.652. The Labute approximate surface area is 124 Å². The number of nitrogens with one attached hydrogen (secondary N) is 1. The number of hydrogen-bond donors (Lipinski definition) is 1. The fourth-order valence-electron chi connectivity index (χ4n) is 3.14. The molecule has 20 heavy (non-hydrogen) atoms. The van der Waals surface area contributed by atoms with E-state index in [4.69, 9.17) is 16.3 Å². The van der Waals surface area contributed by atoms with Gasteiger partial charge in [0, 0.05) is 29.4 Å². The maximum atomic E-state index is 11.8. The van der Waals surface area contributed by atoms with Crippen LogP contribution >= 0.6 is 11.6 Å². The van der Waals surface area contributed by atoms with E-state index in [1.807, 2.05) is 0 Å². The zero-order chi connectivity index (χ0) is 14.3. The van der Waals surface area contributed by atoms with Gasteiger partial charge in [-0.3, -0.25) is 0 Å². The Morgan fingerprint density at radius 3 is 2.80 bits per heavy atom. The molecule has 0 amide bonds. The van der Waals surface area contributed by atoms with E-state index < -0.39 is 9.84 Å². The molecular formula is C14H18ClNO3S. The quantitative estimate of drug-likeness (QED) is 0.925. The number of hydrogen-bond acceptors (Lipinski definition) is 4. The van der Waals surface area contributed by atoms with Gasteiger partial charge >= 0.3 is 0 Å². The molecular weight excluding hydrogens is 298 g/mol. The molecule has 1 N–H and O–H groups in total.